The number of benzene rings is 1. The highest BCUT2D eigenvalue weighted by Crippen LogP contribution is 2.32. The van der Waals surface area contributed by atoms with Gasteiger partial charge in [0.15, 0.2) is 0 Å². The van der Waals surface area contributed by atoms with Crippen LogP contribution in [0.25, 0.3) is 0 Å². The van der Waals surface area contributed by atoms with Gasteiger partial charge in [-0.1, -0.05) is 30.8 Å². The molecule has 1 aromatic carbocycles. The normalized spacial score (nSPS) is 15.2. The van der Waals surface area contributed by atoms with E-state index in [1.54, 1.807) is 24.3 Å². The first-order chi connectivity index (χ1) is 11.5. The molecule has 3 N–H and O–H groups in total. The number of thioether (sulfide) groups is 1. The second kappa shape index (κ2) is 8.19. The molecule has 2 amide bonds. The van der Waals surface area contributed by atoms with Crippen LogP contribution in [0.4, 0.5) is 0 Å². The first-order valence-electron chi connectivity index (χ1n) is 7.98. The van der Waals surface area contributed by atoms with E-state index in [1.807, 2.05) is 6.92 Å². The molecule has 0 radical (unpaired) electrons. The van der Waals surface area contributed by atoms with E-state index in [0.29, 0.717) is 29.7 Å². The van der Waals surface area contributed by atoms with Gasteiger partial charge >= 0.3 is 5.97 Å². The van der Waals surface area contributed by atoms with E-state index in [9.17, 15) is 14.4 Å². The highest BCUT2D eigenvalue weighted by atomic mass is 32.2. The zero-order chi connectivity index (χ0) is 17.6. The van der Waals surface area contributed by atoms with Crippen molar-refractivity contribution in [3.05, 3.63) is 29.8 Å². The van der Waals surface area contributed by atoms with Gasteiger partial charge < -0.3 is 15.8 Å². The number of hydrogen-bond acceptors (Lipinski definition) is 5. The second-order valence-corrected chi connectivity index (χ2v) is 6.74. The van der Waals surface area contributed by atoms with Gasteiger partial charge in [-0.15, -0.1) is 0 Å². The molecule has 1 saturated carbocycles. The van der Waals surface area contributed by atoms with E-state index in [-0.39, 0.29) is 17.8 Å². The van der Waals surface area contributed by atoms with Crippen LogP contribution in [0.2, 0.25) is 0 Å². The Kier molecular flexibility index (Phi) is 6.25. The van der Waals surface area contributed by atoms with Crippen molar-refractivity contribution in [2.45, 2.75) is 49.5 Å². The fourth-order valence-corrected chi connectivity index (χ4v) is 3.27. The van der Waals surface area contributed by atoms with Crippen molar-refractivity contribution in [2.24, 2.45) is 5.73 Å². The minimum absolute atomic E-state index is 0.143. The van der Waals surface area contributed by atoms with Crippen LogP contribution in [-0.2, 0) is 14.3 Å². The minimum Gasteiger partial charge on any atom is -0.454 e. The molecule has 0 aliphatic heterocycles. The first-order valence-corrected chi connectivity index (χ1v) is 8.97. The molecule has 0 spiro atoms. The van der Waals surface area contributed by atoms with Crippen molar-refractivity contribution in [3.8, 4) is 0 Å². The Morgan fingerprint density at radius 3 is 2.58 bits per heavy atom. The molecule has 0 unspecified atom stereocenters. The highest BCUT2D eigenvalue weighted by molar-refractivity contribution is 7.99. The third kappa shape index (κ3) is 4.29. The lowest BCUT2D eigenvalue weighted by Gasteiger charge is -2.39. The zero-order valence-corrected chi connectivity index (χ0v) is 14.5. The molecule has 24 heavy (non-hydrogen) atoms. The summed E-state index contributed by atoms with van der Waals surface area (Å²) in [5, 5.41) is 2.77. The summed E-state index contributed by atoms with van der Waals surface area (Å²) in [6.07, 6.45) is 3.12. The number of carbonyl (C=O) groups is 3. The fourth-order valence-electron chi connectivity index (χ4n) is 2.46. The quantitative estimate of drug-likeness (QED) is 0.425. The molecule has 1 fully saturated rings. The van der Waals surface area contributed by atoms with Gasteiger partial charge in [-0.25, -0.2) is 0 Å². The van der Waals surface area contributed by atoms with Gasteiger partial charge in [-0.3, -0.25) is 14.4 Å². The highest BCUT2D eigenvalue weighted by Gasteiger charge is 2.44. The molecular weight excluding hydrogens is 328 g/mol. The fraction of sp³-hybridized carbons (Fsp3) is 0.471. The van der Waals surface area contributed by atoms with Crippen LogP contribution in [0.15, 0.2) is 29.2 Å². The topological polar surface area (TPSA) is 98.5 Å². The molecule has 7 heteroatoms. The largest absolute Gasteiger partial charge is 0.454 e. The van der Waals surface area contributed by atoms with E-state index >= 15 is 0 Å². The van der Waals surface area contributed by atoms with Gasteiger partial charge in [0, 0.05) is 11.3 Å². The van der Waals surface area contributed by atoms with Crippen molar-refractivity contribution in [2.75, 3.05) is 5.94 Å². The summed E-state index contributed by atoms with van der Waals surface area (Å²) in [5.41, 5.74) is 4.94. The number of nitrogens with one attached hydrogen (secondary N) is 1. The maximum Gasteiger partial charge on any atom is 0.306 e. The van der Waals surface area contributed by atoms with Crippen molar-refractivity contribution in [1.29, 1.82) is 0 Å². The van der Waals surface area contributed by atoms with Gasteiger partial charge in [0.25, 0.3) is 5.91 Å². The summed E-state index contributed by atoms with van der Waals surface area (Å²) in [4.78, 5) is 36.2. The standard InChI is InChI=1S/C17H22N2O4S/c1-2-6-14(20)23-11-24-13-8-4-3-7-12(13)15(21)19-17(16(18)22)9-5-10-17/h3-4,7-8H,2,5-6,9-11H2,1H3,(H2,18,22)(H,19,21). The Morgan fingerprint density at radius 2 is 2.00 bits per heavy atom. The van der Waals surface area contributed by atoms with Gasteiger partial charge in [-0.05, 0) is 37.8 Å². The average Bonchev–Trinajstić information content (AvgIpc) is 2.51. The number of amides is 2. The number of esters is 1. The number of hydrogen-bond donors (Lipinski definition) is 2. The van der Waals surface area contributed by atoms with Gasteiger partial charge in [0.2, 0.25) is 5.91 Å². The third-order valence-electron chi connectivity index (χ3n) is 4.05. The molecule has 0 atom stereocenters. The Labute approximate surface area is 145 Å². The van der Waals surface area contributed by atoms with Crippen LogP contribution in [-0.4, -0.2) is 29.3 Å². The molecule has 0 heterocycles. The zero-order valence-electron chi connectivity index (χ0n) is 13.7. The molecule has 1 aliphatic rings. The monoisotopic (exact) mass is 350 g/mol. The van der Waals surface area contributed by atoms with Crippen molar-refractivity contribution in [1.82, 2.24) is 5.32 Å². The smallest absolute Gasteiger partial charge is 0.306 e. The first kappa shape index (κ1) is 18.3. The molecule has 6 nitrogen and oxygen atoms in total. The maximum absolute atomic E-state index is 12.5. The Hall–Kier alpha value is -2.02. The number of primary amides is 1. The van der Waals surface area contributed by atoms with Crippen LogP contribution >= 0.6 is 11.8 Å². The van der Waals surface area contributed by atoms with Gasteiger partial charge in [0.05, 0.1) is 5.56 Å². The van der Waals surface area contributed by atoms with Crippen LogP contribution in [0.5, 0.6) is 0 Å². The lowest BCUT2D eigenvalue weighted by atomic mass is 9.76. The predicted molar refractivity (Wildman–Crippen MR) is 91.4 cm³/mol. The molecule has 0 aromatic heterocycles. The molecular formula is C17H22N2O4S. The predicted octanol–water partition coefficient (Wildman–Crippen LogP) is 2.22. The SMILES string of the molecule is CCCC(=O)OCSc1ccccc1C(=O)NC1(C(N)=O)CCC1. The lowest BCUT2D eigenvalue weighted by Crippen LogP contribution is -2.61. The van der Waals surface area contributed by atoms with E-state index in [2.05, 4.69) is 5.32 Å². The summed E-state index contributed by atoms with van der Waals surface area (Å²) >= 11 is 1.27. The Balaban J connectivity index is 2.01. The number of rotatable bonds is 8. The van der Waals surface area contributed by atoms with E-state index < -0.39 is 11.4 Å². The molecule has 1 aromatic rings. The molecule has 1 aliphatic carbocycles. The second-order valence-electron chi connectivity index (χ2n) is 5.78. The van der Waals surface area contributed by atoms with Crippen molar-refractivity contribution >= 4 is 29.5 Å². The molecule has 0 bridgehead atoms. The molecule has 0 saturated heterocycles. The van der Waals surface area contributed by atoms with E-state index in [1.165, 1.54) is 11.8 Å². The van der Waals surface area contributed by atoms with Crippen molar-refractivity contribution in [3.63, 3.8) is 0 Å². The summed E-state index contributed by atoms with van der Waals surface area (Å²) in [5.74, 6) is -0.948. The number of carbonyl (C=O) groups excluding carboxylic acids is 3. The number of nitrogens with two attached hydrogens (primary N) is 1. The van der Waals surface area contributed by atoms with Crippen LogP contribution in [0.1, 0.15) is 49.4 Å². The van der Waals surface area contributed by atoms with Crippen LogP contribution < -0.4 is 11.1 Å². The number of ether oxygens (including phenoxy) is 1. The third-order valence-corrected chi connectivity index (χ3v) is 4.95. The molecule has 2 rings (SSSR count). The van der Waals surface area contributed by atoms with Crippen molar-refractivity contribution < 1.29 is 19.1 Å². The summed E-state index contributed by atoms with van der Waals surface area (Å²) in [6, 6.07) is 7.02. The summed E-state index contributed by atoms with van der Waals surface area (Å²) < 4.78 is 5.11. The van der Waals surface area contributed by atoms with Crippen LogP contribution in [0, 0.1) is 0 Å². The van der Waals surface area contributed by atoms with E-state index in [0.717, 1.165) is 12.8 Å². The average molecular weight is 350 g/mol. The maximum atomic E-state index is 12.5. The minimum atomic E-state index is -0.928. The summed E-state index contributed by atoms with van der Waals surface area (Å²) in [7, 11) is 0. The lowest BCUT2D eigenvalue weighted by molar-refractivity contribution is -0.141. The Bertz CT molecular complexity index is 629. The van der Waals surface area contributed by atoms with Gasteiger partial charge in [-0.2, -0.15) is 0 Å². The molecule has 130 valence electrons. The van der Waals surface area contributed by atoms with Gasteiger partial charge in [0.1, 0.15) is 11.5 Å². The van der Waals surface area contributed by atoms with Crippen LogP contribution in [0.3, 0.4) is 0 Å². The van der Waals surface area contributed by atoms with E-state index in [4.69, 9.17) is 10.5 Å². The Morgan fingerprint density at radius 1 is 1.29 bits per heavy atom. The summed E-state index contributed by atoms with van der Waals surface area (Å²) in [6.45, 7) is 1.91.